The van der Waals surface area contributed by atoms with E-state index in [0.717, 1.165) is 6.92 Å². The Bertz CT molecular complexity index is 181. The van der Waals surface area contributed by atoms with Gasteiger partial charge in [-0.15, -0.1) is 0 Å². The molecule has 0 atom stereocenters. The number of nitrogens with one attached hydrogen (secondary N) is 1. The van der Waals surface area contributed by atoms with E-state index in [0.29, 0.717) is 0 Å². The molecule has 0 saturated carbocycles. The van der Waals surface area contributed by atoms with Crippen LogP contribution in [0.2, 0.25) is 0 Å². The summed E-state index contributed by atoms with van der Waals surface area (Å²) in [6, 6.07) is 0. The van der Waals surface area contributed by atoms with Crippen molar-refractivity contribution in [1.29, 1.82) is 0 Å². The van der Waals surface area contributed by atoms with Crippen LogP contribution in [0.25, 0.3) is 0 Å². The van der Waals surface area contributed by atoms with Crippen LogP contribution in [0.5, 0.6) is 0 Å². The van der Waals surface area contributed by atoms with Gasteiger partial charge in [-0.25, -0.2) is 13.1 Å². The van der Waals surface area contributed by atoms with Crippen LogP contribution in [0.15, 0.2) is 0 Å². The van der Waals surface area contributed by atoms with Gasteiger partial charge in [0.05, 0.1) is 0 Å². The summed E-state index contributed by atoms with van der Waals surface area (Å²) < 4.78 is 22.3. The van der Waals surface area contributed by atoms with Crippen LogP contribution in [-0.4, -0.2) is 20.6 Å². The molecule has 0 radical (unpaired) electrons. The predicted molar refractivity (Wildman–Crippen MR) is 28.7 cm³/mol. The molecule has 48 valence electrons. The molecule has 0 aromatic heterocycles. The smallest absolute Gasteiger partial charge is 0.273 e. The zero-order chi connectivity index (χ0) is 6.78. The SMILES string of the molecule is CNS(=O)(=O)C(C)=O. The van der Waals surface area contributed by atoms with Crippen LogP contribution >= 0.6 is 0 Å². The number of carbonyl (C=O) groups excluding carboxylic acids is 1. The van der Waals surface area contributed by atoms with Gasteiger partial charge in [0.25, 0.3) is 15.1 Å². The molecule has 1 N–H and O–H groups in total. The van der Waals surface area contributed by atoms with Gasteiger partial charge >= 0.3 is 0 Å². The second kappa shape index (κ2) is 2.23. The molecule has 5 heteroatoms. The van der Waals surface area contributed by atoms with E-state index in [9.17, 15) is 13.2 Å². The zero-order valence-corrected chi connectivity index (χ0v) is 5.45. The van der Waals surface area contributed by atoms with Gasteiger partial charge in [0.1, 0.15) is 0 Å². The van der Waals surface area contributed by atoms with Crippen LogP contribution in [0.4, 0.5) is 0 Å². The van der Waals surface area contributed by atoms with Gasteiger partial charge < -0.3 is 0 Å². The van der Waals surface area contributed by atoms with Gasteiger partial charge in [0, 0.05) is 6.92 Å². The molecule has 0 aliphatic heterocycles. The topological polar surface area (TPSA) is 63.2 Å². The minimum absolute atomic E-state index is 0.861. The Morgan fingerprint density at radius 1 is 1.50 bits per heavy atom. The average Bonchev–Trinajstić information content (AvgIpc) is 1.67. The summed E-state index contributed by atoms with van der Waals surface area (Å²) in [6.07, 6.45) is 0. The summed E-state index contributed by atoms with van der Waals surface area (Å²) in [5.41, 5.74) is 0. The van der Waals surface area contributed by atoms with Gasteiger partial charge in [-0.1, -0.05) is 0 Å². The highest BCUT2D eigenvalue weighted by Gasteiger charge is 2.11. The van der Waals surface area contributed by atoms with Gasteiger partial charge in [0.2, 0.25) is 0 Å². The number of rotatable bonds is 1. The van der Waals surface area contributed by atoms with E-state index >= 15 is 0 Å². The standard InChI is InChI=1S/C3H7NO3S/c1-3(5)8(6,7)4-2/h4H,1-2H3. The summed E-state index contributed by atoms with van der Waals surface area (Å²) in [5.74, 6) is 0. The minimum atomic E-state index is -3.62. The molecule has 0 heterocycles. The molecule has 0 aliphatic rings. The molecular formula is C3H7NO3S. The van der Waals surface area contributed by atoms with Crippen molar-refractivity contribution >= 4 is 15.1 Å². The summed E-state index contributed by atoms with van der Waals surface area (Å²) >= 11 is 0. The fourth-order valence-corrected chi connectivity index (χ4v) is 0.431. The highest BCUT2D eigenvalue weighted by molar-refractivity contribution is 8.04. The Kier molecular flexibility index (Phi) is 2.12. The lowest BCUT2D eigenvalue weighted by molar-refractivity contribution is -0.110. The Balaban J connectivity index is 4.42. The molecule has 0 fully saturated rings. The monoisotopic (exact) mass is 137 g/mol. The lowest BCUT2D eigenvalue weighted by Crippen LogP contribution is -2.24. The van der Waals surface area contributed by atoms with Crippen molar-refractivity contribution in [1.82, 2.24) is 4.72 Å². The average molecular weight is 137 g/mol. The van der Waals surface area contributed by atoms with E-state index in [4.69, 9.17) is 0 Å². The predicted octanol–water partition coefficient (Wildman–Crippen LogP) is -0.918. The lowest BCUT2D eigenvalue weighted by Gasteiger charge is -1.91. The second-order valence-corrected chi connectivity index (χ2v) is 3.19. The maximum atomic E-state index is 10.2. The Labute approximate surface area is 47.9 Å². The summed E-state index contributed by atoms with van der Waals surface area (Å²) in [6.45, 7) is 0.992. The molecule has 0 aliphatic carbocycles. The highest BCUT2D eigenvalue weighted by Crippen LogP contribution is 1.80. The molecule has 0 saturated heterocycles. The normalized spacial score (nSPS) is 11.2. The first-order valence-electron chi connectivity index (χ1n) is 1.95. The molecule has 0 aromatic carbocycles. The first-order valence-corrected chi connectivity index (χ1v) is 3.43. The molecule has 0 rings (SSSR count). The van der Waals surface area contributed by atoms with Crippen molar-refractivity contribution in [3.8, 4) is 0 Å². The van der Waals surface area contributed by atoms with Gasteiger partial charge in [-0.3, -0.25) is 4.79 Å². The van der Waals surface area contributed by atoms with Crippen molar-refractivity contribution in [2.45, 2.75) is 6.92 Å². The summed E-state index contributed by atoms with van der Waals surface area (Å²) in [5, 5.41) is -0.861. The summed E-state index contributed by atoms with van der Waals surface area (Å²) in [4.78, 5) is 10.0. The van der Waals surface area contributed by atoms with E-state index < -0.39 is 15.1 Å². The molecule has 0 unspecified atom stereocenters. The van der Waals surface area contributed by atoms with Gasteiger partial charge in [-0.2, -0.15) is 0 Å². The fraction of sp³-hybridized carbons (Fsp3) is 0.667. The first kappa shape index (κ1) is 7.58. The van der Waals surface area contributed by atoms with Crippen molar-refractivity contribution in [2.75, 3.05) is 7.05 Å². The summed E-state index contributed by atoms with van der Waals surface area (Å²) in [7, 11) is -2.43. The molecule has 4 nitrogen and oxygen atoms in total. The molecular weight excluding hydrogens is 130 g/mol. The molecule has 0 spiro atoms. The Morgan fingerprint density at radius 2 is 1.88 bits per heavy atom. The quantitative estimate of drug-likeness (QED) is 0.508. The number of hydrogen-bond donors (Lipinski definition) is 1. The van der Waals surface area contributed by atoms with E-state index in [-0.39, 0.29) is 0 Å². The second-order valence-electron chi connectivity index (χ2n) is 1.20. The molecule has 0 amide bonds. The number of carbonyl (C=O) groups is 1. The fourth-order valence-electron chi connectivity index (χ4n) is 0.144. The van der Waals surface area contributed by atoms with Crippen LogP contribution in [-0.2, 0) is 14.8 Å². The third kappa shape index (κ3) is 1.59. The van der Waals surface area contributed by atoms with E-state index in [1.807, 2.05) is 4.72 Å². The Hall–Kier alpha value is -0.420. The van der Waals surface area contributed by atoms with Gasteiger partial charge in [0.15, 0.2) is 0 Å². The van der Waals surface area contributed by atoms with Crippen LogP contribution in [0, 0.1) is 0 Å². The van der Waals surface area contributed by atoms with Crippen LogP contribution in [0.3, 0.4) is 0 Å². The molecule has 0 aromatic rings. The Morgan fingerprint density at radius 3 is 1.88 bits per heavy atom. The first-order chi connectivity index (χ1) is 3.50. The van der Waals surface area contributed by atoms with Crippen molar-refractivity contribution in [3.63, 3.8) is 0 Å². The third-order valence-corrected chi connectivity index (χ3v) is 1.94. The van der Waals surface area contributed by atoms with E-state index in [1.54, 1.807) is 0 Å². The largest absolute Gasteiger partial charge is 0.281 e. The minimum Gasteiger partial charge on any atom is -0.281 e. The van der Waals surface area contributed by atoms with Crippen LogP contribution < -0.4 is 4.72 Å². The maximum Gasteiger partial charge on any atom is 0.273 e. The van der Waals surface area contributed by atoms with Gasteiger partial charge in [-0.05, 0) is 7.05 Å². The maximum absolute atomic E-state index is 10.2. The molecule has 0 bridgehead atoms. The van der Waals surface area contributed by atoms with E-state index in [2.05, 4.69) is 0 Å². The number of sulfonamides is 1. The lowest BCUT2D eigenvalue weighted by atomic mass is 10.9. The third-order valence-electron chi connectivity index (χ3n) is 0.647. The zero-order valence-electron chi connectivity index (χ0n) is 4.63. The molecule has 8 heavy (non-hydrogen) atoms. The number of hydrogen-bond acceptors (Lipinski definition) is 3. The van der Waals surface area contributed by atoms with Crippen LogP contribution in [0.1, 0.15) is 6.92 Å². The highest BCUT2D eigenvalue weighted by atomic mass is 32.2. The van der Waals surface area contributed by atoms with Crippen molar-refractivity contribution in [2.24, 2.45) is 0 Å². The van der Waals surface area contributed by atoms with Crippen molar-refractivity contribution in [3.05, 3.63) is 0 Å². The van der Waals surface area contributed by atoms with E-state index in [1.165, 1.54) is 7.05 Å². The van der Waals surface area contributed by atoms with Crippen molar-refractivity contribution < 1.29 is 13.2 Å².